The Morgan fingerprint density at radius 1 is 1.38 bits per heavy atom. The number of imidazole rings is 1. The Morgan fingerprint density at radius 2 is 2.19 bits per heavy atom. The standard InChI is InChI=1S/C18H20N6O2/c1-2-8-24(18(25)15(19)9-14-10-20-12-21-14)11-16-22-17(23-26-16)13-6-4-3-5-7-13/h2-7,10,12,15H,1,8-9,11,19H2,(H,20,21)/t15-/m0/s1. The fourth-order valence-electron chi connectivity index (χ4n) is 2.53. The van der Waals surface area contributed by atoms with Crippen LogP contribution in [0.3, 0.4) is 0 Å². The highest BCUT2D eigenvalue weighted by Crippen LogP contribution is 2.16. The van der Waals surface area contributed by atoms with Crippen LogP contribution in [0.4, 0.5) is 0 Å². The molecule has 0 aliphatic heterocycles. The number of carbonyl (C=O) groups excluding carboxylic acids is 1. The first-order valence-electron chi connectivity index (χ1n) is 8.18. The molecular weight excluding hydrogens is 332 g/mol. The number of H-pyrrole nitrogens is 1. The quantitative estimate of drug-likeness (QED) is 0.595. The Hall–Kier alpha value is -3.26. The van der Waals surface area contributed by atoms with Crippen LogP contribution in [-0.4, -0.2) is 43.5 Å². The molecule has 1 amide bonds. The van der Waals surface area contributed by atoms with Crippen molar-refractivity contribution in [3.05, 3.63) is 67.1 Å². The first-order valence-corrected chi connectivity index (χ1v) is 8.18. The SMILES string of the molecule is C=CCN(Cc1nc(-c2ccccc2)no1)C(=O)[C@@H](N)Cc1cnc[nH]1. The molecule has 134 valence electrons. The van der Waals surface area contributed by atoms with Crippen LogP contribution < -0.4 is 5.73 Å². The third kappa shape index (κ3) is 4.22. The fraction of sp³-hybridized carbons (Fsp3) is 0.222. The average Bonchev–Trinajstić information content (AvgIpc) is 3.33. The molecule has 0 saturated carbocycles. The molecule has 0 unspecified atom stereocenters. The van der Waals surface area contributed by atoms with E-state index in [-0.39, 0.29) is 12.5 Å². The van der Waals surface area contributed by atoms with Gasteiger partial charge in [-0.05, 0) is 0 Å². The van der Waals surface area contributed by atoms with Crippen LogP contribution in [0.15, 0.2) is 60.0 Å². The Kier molecular flexibility index (Phi) is 5.55. The summed E-state index contributed by atoms with van der Waals surface area (Å²) in [5, 5.41) is 3.97. The van der Waals surface area contributed by atoms with E-state index in [1.165, 1.54) is 4.90 Å². The van der Waals surface area contributed by atoms with Crippen molar-refractivity contribution in [1.29, 1.82) is 0 Å². The van der Waals surface area contributed by atoms with E-state index < -0.39 is 6.04 Å². The molecule has 2 heterocycles. The molecule has 3 rings (SSSR count). The second kappa shape index (κ2) is 8.21. The summed E-state index contributed by atoms with van der Waals surface area (Å²) in [6.07, 6.45) is 5.20. The zero-order valence-corrected chi connectivity index (χ0v) is 14.2. The van der Waals surface area contributed by atoms with E-state index in [1.54, 1.807) is 18.6 Å². The molecule has 3 aromatic rings. The Labute approximate surface area is 150 Å². The largest absolute Gasteiger partial charge is 0.348 e. The number of hydrogen-bond acceptors (Lipinski definition) is 6. The van der Waals surface area contributed by atoms with Crippen LogP contribution in [0.25, 0.3) is 11.4 Å². The van der Waals surface area contributed by atoms with Crippen molar-refractivity contribution >= 4 is 5.91 Å². The molecule has 0 fully saturated rings. The van der Waals surface area contributed by atoms with Crippen molar-refractivity contribution in [2.75, 3.05) is 6.54 Å². The van der Waals surface area contributed by atoms with E-state index in [9.17, 15) is 4.79 Å². The topological polar surface area (TPSA) is 114 Å². The highest BCUT2D eigenvalue weighted by molar-refractivity contribution is 5.82. The van der Waals surface area contributed by atoms with Crippen molar-refractivity contribution in [3.8, 4) is 11.4 Å². The molecule has 3 N–H and O–H groups in total. The van der Waals surface area contributed by atoms with Gasteiger partial charge in [-0.25, -0.2) is 4.98 Å². The van der Waals surface area contributed by atoms with Crippen LogP contribution in [-0.2, 0) is 17.8 Å². The second-order valence-electron chi connectivity index (χ2n) is 5.77. The van der Waals surface area contributed by atoms with Gasteiger partial charge in [0.25, 0.3) is 0 Å². The second-order valence-corrected chi connectivity index (χ2v) is 5.77. The summed E-state index contributed by atoms with van der Waals surface area (Å²) >= 11 is 0. The molecule has 0 aliphatic rings. The summed E-state index contributed by atoms with van der Waals surface area (Å²) in [5.74, 6) is 0.597. The first kappa shape index (κ1) is 17.6. The monoisotopic (exact) mass is 352 g/mol. The third-order valence-electron chi connectivity index (χ3n) is 3.80. The highest BCUT2D eigenvalue weighted by atomic mass is 16.5. The fourth-order valence-corrected chi connectivity index (χ4v) is 2.53. The number of aromatic amines is 1. The van der Waals surface area contributed by atoms with E-state index in [0.717, 1.165) is 11.3 Å². The molecule has 0 spiro atoms. The molecule has 0 bridgehead atoms. The van der Waals surface area contributed by atoms with Crippen LogP contribution in [0, 0.1) is 0 Å². The molecule has 8 nitrogen and oxygen atoms in total. The maximum absolute atomic E-state index is 12.7. The van der Waals surface area contributed by atoms with Crippen molar-refractivity contribution in [2.45, 2.75) is 19.0 Å². The summed E-state index contributed by atoms with van der Waals surface area (Å²) in [6.45, 7) is 4.19. The number of nitrogens with zero attached hydrogens (tertiary/aromatic N) is 4. The van der Waals surface area contributed by atoms with E-state index in [0.29, 0.717) is 24.7 Å². The van der Waals surface area contributed by atoms with Gasteiger partial charge < -0.3 is 20.1 Å². The zero-order chi connectivity index (χ0) is 18.4. The van der Waals surface area contributed by atoms with E-state index in [2.05, 4.69) is 26.7 Å². The van der Waals surface area contributed by atoms with E-state index >= 15 is 0 Å². The highest BCUT2D eigenvalue weighted by Gasteiger charge is 2.23. The summed E-state index contributed by atoms with van der Waals surface area (Å²) < 4.78 is 5.29. The minimum absolute atomic E-state index is 0.168. The number of rotatable bonds is 8. The number of carbonyl (C=O) groups is 1. The van der Waals surface area contributed by atoms with E-state index in [4.69, 9.17) is 10.3 Å². The van der Waals surface area contributed by atoms with Gasteiger partial charge >= 0.3 is 0 Å². The van der Waals surface area contributed by atoms with Gasteiger partial charge in [-0.2, -0.15) is 4.98 Å². The minimum atomic E-state index is -0.702. The lowest BCUT2D eigenvalue weighted by atomic mass is 10.1. The van der Waals surface area contributed by atoms with Crippen LogP contribution in [0.2, 0.25) is 0 Å². The molecule has 26 heavy (non-hydrogen) atoms. The number of aromatic nitrogens is 4. The van der Waals surface area contributed by atoms with Crippen molar-refractivity contribution < 1.29 is 9.32 Å². The Bertz CT molecular complexity index is 844. The summed E-state index contributed by atoms with van der Waals surface area (Å²) in [6, 6.07) is 8.78. The van der Waals surface area contributed by atoms with Gasteiger partial charge in [0.15, 0.2) is 0 Å². The smallest absolute Gasteiger partial charge is 0.246 e. The number of hydrogen-bond donors (Lipinski definition) is 2. The van der Waals surface area contributed by atoms with Gasteiger partial charge in [-0.3, -0.25) is 4.79 Å². The lowest BCUT2D eigenvalue weighted by Gasteiger charge is -2.22. The molecule has 0 aliphatic carbocycles. The lowest BCUT2D eigenvalue weighted by molar-refractivity contribution is -0.133. The minimum Gasteiger partial charge on any atom is -0.348 e. The number of benzene rings is 1. The Balaban J connectivity index is 1.69. The van der Waals surface area contributed by atoms with Gasteiger partial charge in [-0.1, -0.05) is 41.6 Å². The third-order valence-corrected chi connectivity index (χ3v) is 3.80. The molecular formula is C18H20N6O2. The number of nitrogens with one attached hydrogen (secondary N) is 1. The number of nitrogens with two attached hydrogens (primary N) is 1. The van der Waals surface area contributed by atoms with Crippen LogP contribution >= 0.6 is 0 Å². The van der Waals surface area contributed by atoms with Crippen molar-refractivity contribution in [2.24, 2.45) is 5.73 Å². The molecule has 1 atom stereocenters. The molecule has 8 heteroatoms. The molecule has 2 aromatic heterocycles. The molecule has 0 radical (unpaired) electrons. The summed E-state index contributed by atoms with van der Waals surface area (Å²) in [4.78, 5) is 25.4. The first-order chi connectivity index (χ1) is 12.7. The van der Waals surface area contributed by atoms with Crippen LogP contribution in [0.1, 0.15) is 11.6 Å². The molecule has 0 saturated heterocycles. The number of amides is 1. The van der Waals surface area contributed by atoms with Gasteiger partial charge in [0.05, 0.1) is 12.4 Å². The maximum Gasteiger partial charge on any atom is 0.246 e. The van der Waals surface area contributed by atoms with Crippen molar-refractivity contribution in [3.63, 3.8) is 0 Å². The lowest BCUT2D eigenvalue weighted by Crippen LogP contribution is -2.44. The Morgan fingerprint density at radius 3 is 2.88 bits per heavy atom. The van der Waals surface area contributed by atoms with Crippen molar-refractivity contribution in [1.82, 2.24) is 25.0 Å². The van der Waals surface area contributed by atoms with Gasteiger partial charge in [0, 0.05) is 30.4 Å². The predicted octanol–water partition coefficient (Wildman–Crippen LogP) is 1.54. The normalized spacial score (nSPS) is 11.9. The maximum atomic E-state index is 12.7. The summed E-state index contributed by atoms with van der Waals surface area (Å²) in [7, 11) is 0. The van der Waals surface area contributed by atoms with E-state index in [1.807, 2.05) is 30.3 Å². The van der Waals surface area contributed by atoms with Gasteiger partial charge in [0.1, 0.15) is 6.54 Å². The van der Waals surface area contributed by atoms with Crippen LogP contribution in [0.5, 0.6) is 0 Å². The zero-order valence-electron chi connectivity index (χ0n) is 14.2. The van der Waals surface area contributed by atoms with Gasteiger partial charge in [-0.15, -0.1) is 6.58 Å². The predicted molar refractivity (Wildman–Crippen MR) is 95.6 cm³/mol. The molecule has 1 aromatic carbocycles. The van der Waals surface area contributed by atoms with Gasteiger partial charge in [0.2, 0.25) is 17.6 Å². The average molecular weight is 352 g/mol. The summed E-state index contributed by atoms with van der Waals surface area (Å²) in [5.41, 5.74) is 7.70.